The molecule has 16 heavy (non-hydrogen) atoms. The molecule has 0 fully saturated rings. The molecule has 2 aromatic rings. The lowest BCUT2D eigenvalue weighted by Crippen LogP contribution is -1.96. The number of benzene rings is 1. The van der Waals surface area contributed by atoms with Gasteiger partial charge < -0.3 is 9.72 Å². The van der Waals surface area contributed by atoms with E-state index in [1.807, 2.05) is 0 Å². The molecule has 1 aromatic heterocycles. The molecule has 0 atom stereocenters. The van der Waals surface area contributed by atoms with Gasteiger partial charge in [0, 0.05) is 17.1 Å². The minimum absolute atomic E-state index is 0.0328. The van der Waals surface area contributed by atoms with Crippen LogP contribution in [0.15, 0.2) is 6.07 Å². The van der Waals surface area contributed by atoms with Crippen LogP contribution in [0, 0.1) is 25.5 Å². The van der Waals surface area contributed by atoms with Gasteiger partial charge in [-0.25, -0.2) is 8.78 Å². The van der Waals surface area contributed by atoms with Crippen molar-refractivity contribution in [3.63, 3.8) is 0 Å². The van der Waals surface area contributed by atoms with E-state index in [0.29, 0.717) is 12.2 Å². The summed E-state index contributed by atoms with van der Waals surface area (Å²) in [6.07, 6.45) is 0. The summed E-state index contributed by atoms with van der Waals surface area (Å²) >= 11 is 0. The fourth-order valence-electron chi connectivity index (χ4n) is 1.81. The predicted molar refractivity (Wildman–Crippen MR) is 58.9 cm³/mol. The molecule has 4 heteroatoms. The van der Waals surface area contributed by atoms with Crippen molar-refractivity contribution in [1.82, 2.24) is 4.98 Å². The number of aromatic nitrogens is 1. The fourth-order valence-corrected chi connectivity index (χ4v) is 1.81. The van der Waals surface area contributed by atoms with Crippen molar-refractivity contribution in [1.29, 1.82) is 0 Å². The number of hydrogen-bond acceptors (Lipinski definition) is 1. The minimum Gasteiger partial charge on any atom is -0.491 e. The molecule has 2 nitrogen and oxygen atoms in total. The standard InChI is InChI=1S/C12H13F2NO/c1-4-16-9-5-8(13)12-10(11(9)14)6(2)7(3)15-12/h5,15H,4H2,1-3H3. The van der Waals surface area contributed by atoms with Crippen LogP contribution in [0.1, 0.15) is 18.2 Å². The number of nitrogens with one attached hydrogen (secondary N) is 1. The summed E-state index contributed by atoms with van der Waals surface area (Å²) < 4.78 is 32.7. The Balaban J connectivity index is 2.81. The lowest BCUT2D eigenvalue weighted by Gasteiger charge is -2.06. The molecule has 0 bridgehead atoms. The highest BCUT2D eigenvalue weighted by molar-refractivity contribution is 5.87. The van der Waals surface area contributed by atoms with Gasteiger partial charge in [-0.1, -0.05) is 0 Å². The molecule has 0 amide bonds. The summed E-state index contributed by atoms with van der Waals surface area (Å²) in [5.74, 6) is -1.02. The van der Waals surface area contributed by atoms with Gasteiger partial charge in [0.2, 0.25) is 0 Å². The van der Waals surface area contributed by atoms with E-state index in [-0.39, 0.29) is 16.7 Å². The molecule has 0 aliphatic rings. The third-order valence-electron chi connectivity index (χ3n) is 2.73. The van der Waals surface area contributed by atoms with Gasteiger partial charge in [-0.05, 0) is 26.3 Å². The van der Waals surface area contributed by atoms with E-state index in [2.05, 4.69) is 4.98 Å². The van der Waals surface area contributed by atoms with Gasteiger partial charge >= 0.3 is 0 Å². The predicted octanol–water partition coefficient (Wildman–Crippen LogP) is 3.46. The van der Waals surface area contributed by atoms with E-state index in [1.54, 1.807) is 20.8 Å². The van der Waals surface area contributed by atoms with Crippen molar-refractivity contribution in [3.8, 4) is 5.75 Å². The number of rotatable bonds is 2. The highest BCUT2D eigenvalue weighted by atomic mass is 19.1. The van der Waals surface area contributed by atoms with Gasteiger partial charge in [-0.15, -0.1) is 0 Å². The number of aryl methyl sites for hydroxylation is 2. The fraction of sp³-hybridized carbons (Fsp3) is 0.333. The third-order valence-corrected chi connectivity index (χ3v) is 2.73. The SMILES string of the molecule is CCOc1cc(F)c2[nH]c(C)c(C)c2c1F. The lowest BCUT2D eigenvalue weighted by molar-refractivity contribution is 0.321. The van der Waals surface area contributed by atoms with Gasteiger partial charge in [-0.2, -0.15) is 0 Å². The van der Waals surface area contributed by atoms with E-state index in [1.165, 1.54) is 0 Å². The molecule has 0 aliphatic heterocycles. The summed E-state index contributed by atoms with van der Waals surface area (Å²) in [7, 11) is 0. The van der Waals surface area contributed by atoms with Crippen LogP contribution in [0.3, 0.4) is 0 Å². The molecule has 0 saturated heterocycles. The third kappa shape index (κ3) is 1.45. The quantitative estimate of drug-likeness (QED) is 0.831. The van der Waals surface area contributed by atoms with Crippen molar-refractivity contribution >= 4 is 10.9 Å². The van der Waals surface area contributed by atoms with E-state index in [4.69, 9.17) is 4.74 Å². The molecule has 86 valence electrons. The number of halogens is 2. The molecule has 1 N–H and O–H groups in total. The van der Waals surface area contributed by atoms with Crippen molar-refractivity contribution in [2.75, 3.05) is 6.61 Å². The summed E-state index contributed by atoms with van der Waals surface area (Å²) in [6, 6.07) is 1.08. The van der Waals surface area contributed by atoms with E-state index in [9.17, 15) is 8.78 Å². The monoisotopic (exact) mass is 225 g/mol. The smallest absolute Gasteiger partial charge is 0.174 e. The van der Waals surface area contributed by atoms with Crippen LogP contribution < -0.4 is 4.74 Å². The normalized spacial score (nSPS) is 11.1. The zero-order chi connectivity index (χ0) is 11.9. The second kappa shape index (κ2) is 3.77. The highest BCUT2D eigenvalue weighted by Crippen LogP contribution is 2.32. The Morgan fingerprint density at radius 3 is 2.62 bits per heavy atom. The number of aromatic amines is 1. The first kappa shape index (κ1) is 10.9. The molecule has 0 saturated carbocycles. The first-order valence-electron chi connectivity index (χ1n) is 5.16. The van der Waals surface area contributed by atoms with Crippen molar-refractivity contribution < 1.29 is 13.5 Å². The molecular formula is C12H13F2NO. The second-order valence-corrected chi connectivity index (χ2v) is 3.73. The first-order chi connectivity index (χ1) is 7.56. The molecule has 0 spiro atoms. The van der Waals surface area contributed by atoms with Crippen LogP contribution in [0.2, 0.25) is 0 Å². The highest BCUT2D eigenvalue weighted by Gasteiger charge is 2.17. The average Bonchev–Trinajstić information content (AvgIpc) is 2.53. The average molecular weight is 225 g/mol. The van der Waals surface area contributed by atoms with E-state index >= 15 is 0 Å². The van der Waals surface area contributed by atoms with Gasteiger partial charge in [0.05, 0.1) is 12.1 Å². The van der Waals surface area contributed by atoms with Crippen molar-refractivity contribution in [2.24, 2.45) is 0 Å². The number of fused-ring (bicyclic) bond motifs is 1. The maximum atomic E-state index is 14.0. The van der Waals surface area contributed by atoms with E-state index in [0.717, 1.165) is 11.8 Å². The second-order valence-electron chi connectivity index (χ2n) is 3.73. The van der Waals surface area contributed by atoms with Crippen LogP contribution >= 0.6 is 0 Å². The van der Waals surface area contributed by atoms with Gasteiger partial charge in [0.1, 0.15) is 0 Å². The largest absolute Gasteiger partial charge is 0.491 e. The van der Waals surface area contributed by atoms with E-state index < -0.39 is 11.6 Å². The van der Waals surface area contributed by atoms with Gasteiger partial charge in [-0.3, -0.25) is 0 Å². The minimum atomic E-state index is -0.500. The topological polar surface area (TPSA) is 25.0 Å². The molecular weight excluding hydrogens is 212 g/mol. The molecule has 2 rings (SSSR count). The molecule has 1 heterocycles. The molecule has 0 radical (unpaired) electrons. The zero-order valence-corrected chi connectivity index (χ0v) is 9.45. The van der Waals surface area contributed by atoms with Crippen LogP contribution in [0.5, 0.6) is 5.75 Å². The molecule has 1 aromatic carbocycles. The van der Waals surface area contributed by atoms with Crippen molar-refractivity contribution in [2.45, 2.75) is 20.8 Å². The molecule has 0 unspecified atom stereocenters. The maximum absolute atomic E-state index is 14.0. The zero-order valence-electron chi connectivity index (χ0n) is 9.45. The van der Waals surface area contributed by atoms with Crippen LogP contribution in [0.25, 0.3) is 10.9 Å². The first-order valence-corrected chi connectivity index (χ1v) is 5.16. The summed E-state index contributed by atoms with van der Waals surface area (Å²) in [5, 5.41) is 0.279. The Hall–Kier alpha value is -1.58. The van der Waals surface area contributed by atoms with Gasteiger partial charge in [0.15, 0.2) is 17.4 Å². The number of ether oxygens (including phenoxy) is 1. The summed E-state index contributed by atoms with van der Waals surface area (Å²) in [4.78, 5) is 2.83. The Morgan fingerprint density at radius 2 is 2.00 bits per heavy atom. The van der Waals surface area contributed by atoms with Gasteiger partial charge in [0.25, 0.3) is 0 Å². The molecule has 0 aliphatic carbocycles. The maximum Gasteiger partial charge on any atom is 0.174 e. The Morgan fingerprint density at radius 1 is 1.31 bits per heavy atom. The Bertz CT molecular complexity index is 546. The number of hydrogen-bond donors (Lipinski definition) is 1. The Kier molecular flexibility index (Phi) is 2.58. The summed E-state index contributed by atoms with van der Waals surface area (Å²) in [5.41, 5.74) is 1.69. The van der Waals surface area contributed by atoms with Crippen LogP contribution in [0.4, 0.5) is 8.78 Å². The lowest BCUT2D eigenvalue weighted by atomic mass is 10.1. The Labute approximate surface area is 92.2 Å². The van der Waals surface area contributed by atoms with Crippen molar-refractivity contribution in [3.05, 3.63) is 29.0 Å². The van der Waals surface area contributed by atoms with Crippen LogP contribution in [-0.4, -0.2) is 11.6 Å². The number of H-pyrrole nitrogens is 1. The van der Waals surface area contributed by atoms with Crippen LogP contribution in [-0.2, 0) is 0 Å². The summed E-state index contributed by atoms with van der Waals surface area (Å²) in [6.45, 7) is 5.59.